The molecule has 2 heterocycles. The zero-order valence-electron chi connectivity index (χ0n) is 43.9. The van der Waals surface area contributed by atoms with Crippen LogP contribution in [0.15, 0.2) is 0 Å². The third kappa shape index (κ3) is 20.8. The molecule has 4 N–H and O–H groups in total. The Hall–Kier alpha value is -0.520. The van der Waals surface area contributed by atoms with Crippen LogP contribution in [0.25, 0.3) is 0 Å². The summed E-state index contributed by atoms with van der Waals surface area (Å²) in [5.41, 5.74) is 5.30. The average Bonchev–Trinajstić information content (AvgIpc) is 4.32. The van der Waals surface area contributed by atoms with Crippen molar-refractivity contribution in [2.24, 2.45) is 29.4 Å². The van der Waals surface area contributed by atoms with Gasteiger partial charge in [-0.15, -0.1) is 0 Å². The highest BCUT2D eigenvalue weighted by atomic mass is 16.6. The Morgan fingerprint density at radius 1 is 0.456 bits per heavy atom. The van der Waals surface area contributed by atoms with Crippen LogP contribution in [0.5, 0.6) is 0 Å². The molecular formula is C55H101NO12. The molecule has 0 amide bonds. The first kappa shape index (κ1) is 56.8. The first-order valence-electron chi connectivity index (χ1n) is 28.1. The number of hydrogen-bond donors (Lipinski definition) is 3. The van der Waals surface area contributed by atoms with Crippen molar-refractivity contribution in [3.63, 3.8) is 0 Å². The third-order valence-corrected chi connectivity index (χ3v) is 17.1. The van der Waals surface area contributed by atoms with E-state index in [2.05, 4.69) is 41.5 Å². The maximum absolute atomic E-state index is 11.0. The first-order valence-corrected chi connectivity index (χ1v) is 28.1. The SMILES string of the molecule is CCC(C)(CC(O)COC1CCC(COC(CN)CC(C)(CC)OCC2CCC(OCC(O)CC(C)(CC)OCC3CCC(OCC4CO4)CC3)CC2)CC1)OCC1CCC(OCC2CO2)CC1. The number of aliphatic hydroxyl groups is 2. The molecule has 13 nitrogen and oxygen atoms in total. The molecule has 2 aliphatic heterocycles. The summed E-state index contributed by atoms with van der Waals surface area (Å²) < 4.78 is 61.4. The maximum Gasteiger partial charge on any atom is 0.104 e. The summed E-state index contributed by atoms with van der Waals surface area (Å²) in [5.74, 6) is 2.11. The number of rotatable bonds is 34. The second-order valence-corrected chi connectivity index (χ2v) is 23.3. The van der Waals surface area contributed by atoms with Gasteiger partial charge in [-0.1, -0.05) is 20.8 Å². The highest BCUT2D eigenvalue weighted by Gasteiger charge is 2.35. The number of aliphatic hydroxyl groups excluding tert-OH is 2. The van der Waals surface area contributed by atoms with Crippen molar-refractivity contribution >= 4 is 0 Å². The van der Waals surface area contributed by atoms with E-state index in [1.807, 2.05) is 0 Å². The molecule has 0 aromatic carbocycles. The van der Waals surface area contributed by atoms with E-state index in [4.69, 9.17) is 53.1 Å². The minimum Gasteiger partial charge on any atom is -0.391 e. The van der Waals surface area contributed by atoms with Gasteiger partial charge < -0.3 is 63.3 Å². The molecular weight excluding hydrogens is 867 g/mol. The molecule has 2 saturated heterocycles. The van der Waals surface area contributed by atoms with Crippen molar-refractivity contribution < 1.29 is 57.6 Å². The van der Waals surface area contributed by atoms with Crippen LogP contribution in [0.1, 0.15) is 183 Å². The standard InChI is InChI=1S/C55H101NO12/c1-7-53(4,66-31-41-14-22-48(23-15-41)62-36-51-38-64-51)26-44(57)34-60-46-18-10-40(11-19-46)30-59-50(29-56)28-55(6,9-3)68-33-43-12-20-47(21-13-43)61-35-45(58)27-54(5,8-2)67-32-42-16-24-49(25-17-42)63-37-52-39-65-52/h40-52,57-58H,7-39,56H2,1-6H3. The predicted octanol–water partition coefficient (Wildman–Crippen LogP) is 8.88. The van der Waals surface area contributed by atoms with Gasteiger partial charge in [-0.05, 0) is 166 Å². The van der Waals surface area contributed by atoms with Gasteiger partial charge in [0, 0.05) is 32.4 Å². The second kappa shape index (κ2) is 28.8. The molecule has 398 valence electrons. The molecule has 68 heavy (non-hydrogen) atoms. The quantitative estimate of drug-likeness (QED) is 0.0525. The molecule has 0 aromatic rings. The number of nitrogens with two attached hydrogens (primary N) is 1. The van der Waals surface area contributed by atoms with Gasteiger partial charge in [-0.3, -0.25) is 0 Å². The average molecular weight is 968 g/mol. The van der Waals surface area contributed by atoms with Gasteiger partial charge in [0.1, 0.15) is 12.2 Å². The highest BCUT2D eigenvalue weighted by molar-refractivity contribution is 4.85. The van der Waals surface area contributed by atoms with Gasteiger partial charge in [0.2, 0.25) is 0 Å². The summed E-state index contributed by atoms with van der Waals surface area (Å²) in [5, 5.41) is 22.1. The van der Waals surface area contributed by atoms with E-state index >= 15 is 0 Å². The molecule has 0 spiro atoms. The fourth-order valence-corrected chi connectivity index (χ4v) is 11.1. The molecule has 6 fully saturated rings. The van der Waals surface area contributed by atoms with Gasteiger partial charge >= 0.3 is 0 Å². The topological polar surface area (TPSA) is 165 Å². The summed E-state index contributed by atoms with van der Waals surface area (Å²) in [7, 11) is 0. The zero-order chi connectivity index (χ0) is 48.4. The summed E-state index contributed by atoms with van der Waals surface area (Å²) in [6, 6.07) is 0. The number of hydrogen-bond acceptors (Lipinski definition) is 13. The van der Waals surface area contributed by atoms with Crippen LogP contribution in [-0.4, -0.2) is 155 Å². The first-order chi connectivity index (χ1) is 32.8. The maximum atomic E-state index is 11.0. The molecule has 6 aliphatic rings. The highest BCUT2D eigenvalue weighted by Crippen LogP contribution is 2.35. The number of ether oxygens (including phenoxy) is 10. The van der Waals surface area contributed by atoms with Crippen LogP contribution in [-0.2, 0) is 47.4 Å². The molecule has 13 heteroatoms. The lowest BCUT2D eigenvalue weighted by Crippen LogP contribution is -2.40. The molecule has 0 radical (unpaired) electrons. The molecule has 0 aromatic heterocycles. The Morgan fingerprint density at radius 3 is 1.07 bits per heavy atom. The second-order valence-electron chi connectivity index (χ2n) is 23.3. The van der Waals surface area contributed by atoms with Gasteiger partial charge in [0.15, 0.2) is 0 Å². The normalized spacial score (nSPS) is 34.0. The molecule has 4 aliphatic carbocycles. The summed E-state index contributed by atoms with van der Waals surface area (Å²) in [6.45, 7) is 20.3. The van der Waals surface area contributed by atoms with Crippen LogP contribution in [0.3, 0.4) is 0 Å². The monoisotopic (exact) mass is 968 g/mol. The van der Waals surface area contributed by atoms with Crippen LogP contribution in [0.4, 0.5) is 0 Å². The van der Waals surface area contributed by atoms with Crippen molar-refractivity contribution in [1.82, 2.24) is 0 Å². The van der Waals surface area contributed by atoms with Gasteiger partial charge in [0.05, 0.1) is 119 Å². The van der Waals surface area contributed by atoms with Gasteiger partial charge in [-0.25, -0.2) is 0 Å². The minimum atomic E-state index is -0.543. The van der Waals surface area contributed by atoms with Crippen molar-refractivity contribution in [1.29, 1.82) is 0 Å². The van der Waals surface area contributed by atoms with Crippen molar-refractivity contribution in [2.45, 2.75) is 255 Å². The Morgan fingerprint density at radius 2 is 0.765 bits per heavy atom. The lowest BCUT2D eigenvalue weighted by atomic mass is 9.87. The molecule has 4 saturated carbocycles. The van der Waals surface area contributed by atoms with Gasteiger partial charge in [0.25, 0.3) is 0 Å². The van der Waals surface area contributed by atoms with Crippen molar-refractivity contribution in [2.75, 3.05) is 72.6 Å². The Bertz CT molecular complexity index is 1340. The van der Waals surface area contributed by atoms with Crippen molar-refractivity contribution in [3.8, 4) is 0 Å². The van der Waals surface area contributed by atoms with E-state index in [0.717, 1.165) is 175 Å². The van der Waals surface area contributed by atoms with Crippen LogP contribution in [0.2, 0.25) is 0 Å². The lowest BCUT2D eigenvalue weighted by molar-refractivity contribution is -0.110. The van der Waals surface area contributed by atoms with E-state index < -0.39 is 12.2 Å². The minimum absolute atomic E-state index is 0.0427. The fourth-order valence-electron chi connectivity index (χ4n) is 11.1. The largest absolute Gasteiger partial charge is 0.391 e. The predicted molar refractivity (Wildman–Crippen MR) is 265 cm³/mol. The fraction of sp³-hybridized carbons (Fsp3) is 1.00. The van der Waals surface area contributed by atoms with E-state index in [1.54, 1.807) is 0 Å². The smallest absolute Gasteiger partial charge is 0.104 e. The third-order valence-electron chi connectivity index (χ3n) is 17.1. The molecule has 8 unspecified atom stereocenters. The summed E-state index contributed by atoms with van der Waals surface area (Å²) in [6.07, 6.45) is 22.3. The Labute approximate surface area is 412 Å². The molecule has 6 rings (SSSR count). The van der Waals surface area contributed by atoms with E-state index in [1.165, 1.54) is 0 Å². The van der Waals surface area contributed by atoms with Gasteiger partial charge in [-0.2, -0.15) is 0 Å². The lowest BCUT2D eigenvalue weighted by Gasteiger charge is -2.37. The summed E-state index contributed by atoms with van der Waals surface area (Å²) in [4.78, 5) is 0. The zero-order valence-corrected chi connectivity index (χ0v) is 43.9. The Balaban J connectivity index is 0.780. The van der Waals surface area contributed by atoms with E-state index in [0.29, 0.717) is 87.3 Å². The van der Waals surface area contributed by atoms with Crippen LogP contribution < -0.4 is 5.73 Å². The van der Waals surface area contributed by atoms with Crippen LogP contribution in [0, 0.1) is 23.7 Å². The molecule has 0 bridgehead atoms. The van der Waals surface area contributed by atoms with E-state index in [-0.39, 0.29) is 35.1 Å². The molecule has 8 atom stereocenters. The van der Waals surface area contributed by atoms with Crippen molar-refractivity contribution in [3.05, 3.63) is 0 Å². The number of epoxide rings is 2. The van der Waals surface area contributed by atoms with Crippen LogP contribution >= 0.6 is 0 Å². The van der Waals surface area contributed by atoms with E-state index in [9.17, 15) is 10.2 Å². The summed E-state index contributed by atoms with van der Waals surface area (Å²) >= 11 is 0. The Kier molecular flexibility index (Phi) is 24.0.